The minimum atomic E-state index is -4.69. The maximum Gasteiger partial charge on any atom is 0.435 e. The molecule has 0 aliphatic rings. The highest BCUT2D eigenvalue weighted by atomic mass is 19.4. The highest BCUT2D eigenvalue weighted by molar-refractivity contribution is 5.97. The number of halogens is 3. The van der Waals surface area contributed by atoms with Crippen LogP contribution in [0.5, 0.6) is 0 Å². The first-order valence-electron chi connectivity index (χ1n) is 8.69. The molecule has 0 saturated carbocycles. The largest absolute Gasteiger partial charge is 0.463 e. The molecule has 1 N–H and O–H groups in total. The van der Waals surface area contributed by atoms with Gasteiger partial charge in [0.05, 0.1) is 17.3 Å². The minimum absolute atomic E-state index is 0.0375. The number of amides is 1. The molecular formula is C19H18F3N3O3. The predicted octanol–water partition coefficient (Wildman–Crippen LogP) is 4.07. The third kappa shape index (κ3) is 4.48. The molecule has 1 aromatic carbocycles. The van der Waals surface area contributed by atoms with Crippen molar-refractivity contribution in [2.45, 2.75) is 19.5 Å². The number of carbonyl (C=O) groups is 1. The second-order valence-corrected chi connectivity index (χ2v) is 5.91. The van der Waals surface area contributed by atoms with Crippen LogP contribution in [-0.2, 0) is 10.9 Å². The SMILES string of the molecule is CCOCCCNC(=O)c1ccc2nc(C(F)(F)F)c(-c3ccco3)nc2c1. The average Bonchev–Trinajstić information content (AvgIpc) is 3.20. The van der Waals surface area contributed by atoms with Gasteiger partial charge in [-0.3, -0.25) is 4.79 Å². The lowest BCUT2D eigenvalue weighted by Crippen LogP contribution is -2.25. The Labute approximate surface area is 158 Å². The van der Waals surface area contributed by atoms with E-state index in [2.05, 4.69) is 15.3 Å². The van der Waals surface area contributed by atoms with Crippen molar-refractivity contribution in [3.63, 3.8) is 0 Å². The molecule has 2 aromatic heterocycles. The van der Waals surface area contributed by atoms with Crippen LogP contribution in [0.15, 0.2) is 41.0 Å². The number of nitrogens with one attached hydrogen (secondary N) is 1. The quantitative estimate of drug-likeness (QED) is 0.613. The van der Waals surface area contributed by atoms with E-state index in [-0.39, 0.29) is 28.3 Å². The normalized spacial score (nSPS) is 11.7. The van der Waals surface area contributed by atoms with Gasteiger partial charge in [-0.2, -0.15) is 13.2 Å². The number of benzene rings is 1. The van der Waals surface area contributed by atoms with Gasteiger partial charge >= 0.3 is 6.18 Å². The van der Waals surface area contributed by atoms with Gasteiger partial charge < -0.3 is 14.5 Å². The van der Waals surface area contributed by atoms with Crippen LogP contribution < -0.4 is 5.32 Å². The summed E-state index contributed by atoms with van der Waals surface area (Å²) in [5.41, 5.74) is -1.07. The van der Waals surface area contributed by atoms with E-state index in [0.29, 0.717) is 26.2 Å². The smallest absolute Gasteiger partial charge is 0.435 e. The molecule has 0 atom stereocenters. The van der Waals surface area contributed by atoms with E-state index in [0.717, 1.165) is 0 Å². The van der Waals surface area contributed by atoms with Crippen molar-refractivity contribution in [1.29, 1.82) is 0 Å². The zero-order chi connectivity index (χ0) is 20.1. The Morgan fingerprint density at radius 1 is 1.21 bits per heavy atom. The van der Waals surface area contributed by atoms with E-state index in [1.807, 2.05) is 6.92 Å². The topological polar surface area (TPSA) is 77.2 Å². The molecule has 3 rings (SSSR count). The van der Waals surface area contributed by atoms with Gasteiger partial charge in [0.1, 0.15) is 5.69 Å². The molecule has 0 unspecified atom stereocenters. The van der Waals surface area contributed by atoms with E-state index in [4.69, 9.17) is 9.15 Å². The molecule has 2 heterocycles. The van der Waals surface area contributed by atoms with E-state index in [1.54, 1.807) is 0 Å². The molecule has 28 heavy (non-hydrogen) atoms. The summed E-state index contributed by atoms with van der Waals surface area (Å²) < 4.78 is 50.4. The zero-order valence-electron chi connectivity index (χ0n) is 15.0. The molecule has 6 nitrogen and oxygen atoms in total. The summed E-state index contributed by atoms with van der Waals surface area (Å²) >= 11 is 0. The minimum Gasteiger partial charge on any atom is -0.463 e. The second-order valence-electron chi connectivity index (χ2n) is 5.91. The van der Waals surface area contributed by atoms with Gasteiger partial charge in [0.15, 0.2) is 11.5 Å². The fraction of sp³-hybridized carbons (Fsp3) is 0.316. The molecule has 0 aliphatic heterocycles. The van der Waals surface area contributed by atoms with Crippen molar-refractivity contribution < 1.29 is 27.1 Å². The van der Waals surface area contributed by atoms with Crippen LogP contribution in [0, 0.1) is 0 Å². The van der Waals surface area contributed by atoms with Crippen molar-refractivity contribution in [3.05, 3.63) is 47.9 Å². The van der Waals surface area contributed by atoms with Crippen LogP contribution in [0.1, 0.15) is 29.4 Å². The van der Waals surface area contributed by atoms with Crippen LogP contribution in [0.2, 0.25) is 0 Å². The van der Waals surface area contributed by atoms with Gasteiger partial charge in [-0.15, -0.1) is 0 Å². The Balaban J connectivity index is 1.90. The van der Waals surface area contributed by atoms with Crippen molar-refractivity contribution in [1.82, 2.24) is 15.3 Å². The van der Waals surface area contributed by atoms with Gasteiger partial charge in [-0.1, -0.05) is 0 Å². The molecule has 9 heteroatoms. The number of nitrogens with zero attached hydrogens (tertiary/aromatic N) is 2. The van der Waals surface area contributed by atoms with Gasteiger partial charge in [-0.25, -0.2) is 9.97 Å². The Morgan fingerprint density at radius 3 is 2.71 bits per heavy atom. The number of alkyl halides is 3. The fourth-order valence-corrected chi connectivity index (χ4v) is 2.60. The maximum absolute atomic E-state index is 13.4. The van der Waals surface area contributed by atoms with Crippen LogP contribution in [0.3, 0.4) is 0 Å². The Hall–Kier alpha value is -2.94. The van der Waals surface area contributed by atoms with Crippen molar-refractivity contribution in [3.8, 4) is 11.5 Å². The lowest BCUT2D eigenvalue weighted by molar-refractivity contribution is -0.140. The van der Waals surface area contributed by atoms with E-state index >= 15 is 0 Å². The third-order valence-electron chi connectivity index (χ3n) is 3.90. The first-order chi connectivity index (χ1) is 13.4. The number of hydrogen-bond donors (Lipinski definition) is 1. The number of fused-ring (bicyclic) bond motifs is 1. The molecular weight excluding hydrogens is 375 g/mol. The summed E-state index contributed by atoms with van der Waals surface area (Å²) in [5, 5.41) is 2.73. The van der Waals surface area contributed by atoms with Crippen molar-refractivity contribution >= 4 is 16.9 Å². The van der Waals surface area contributed by atoms with Crippen LogP contribution in [0.25, 0.3) is 22.5 Å². The number of hydrogen-bond acceptors (Lipinski definition) is 5. The van der Waals surface area contributed by atoms with E-state index in [1.165, 1.54) is 36.6 Å². The molecule has 0 fully saturated rings. The van der Waals surface area contributed by atoms with Crippen LogP contribution >= 0.6 is 0 Å². The first-order valence-corrected chi connectivity index (χ1v) is 8.69. The molecule has 3 aromatic rings. The predicted molar refractivity (Wildman–Crippen MR) is 95.7 cm³/mol. The van der Waals surface area contributed by atoms with Crippen molar-refractivity contribution in [2.75, 3.05) is 19.8 Å². The molecule has 148 valence electrons. The van der Waals surface area contributed by atoms with Gasteiger partial charge in [0.2, 0.25) is 0 Å². The maximum atomic E-state index is 13.4. The molecule has 1 amide bonds. The first kappa shape index (κ1) is 19.8. The lowest BCUT2D eigenvalue weighted by Gasteiger charge is -2.12. The zero-order valence-corrected chi connectivity index (χ0v) is 15.0. The van der Waals surface area contributed by atoms with Crippen LogP contribution in [-0.4, -0.2) is 35.6 Å². The average molecular weight is 393 g/mol. The second kappa shape index (κ2) is 8.39. The number of carbonyl (C=O) groups excluding carboxylic acids is 1. The number of aromatic nitrogens is 2. The third-order valence-corrected chi connectivity index (χ3v) is 3.90. The highest BCUT2D eigenvalue weighted by Gasteiger charge is 2.38. The Bertz CT molecular complexity index is 956. The summed E-state index contributed by atoms with van der Waals surface area (Å²) in [6.45, 7) is 3.45. The lowest BCUT2D eigenvalue weighted by atomic mass is 10.1. The Kier molecular flexibility index (Phi) is 5.93. The highest BCUT2D eigenvalue weighted by Crippen LogP contribution is 2.36. The summed E-state index contributed by atoms with van der Waals surface area (Å²) in [6.07, 6.45) is -2.78. The number of rotatable bonds is 7. The summed E-state index contributed by atoms with van der Waals surface area (Å²) in [5.74, 6) is -0.396. The van der Waals surface area contributed by atoms with E-state index < -0.39 is 17.6 Å². The summed E-state index contributed by atoms with van der Waals surface area (Å²) in [6, 6.07) is 7.01. The fourth-order valence-electron chi connectivity index (χ4n) is 2.60. The molecule has 0 aliphatic carbocycles. The monoisotopic (exact) mass is 393 g/mol. The Morgan fingerprint density at radius 2 is 2.04 bits per heavy atom. The molecule has 0 spiro atoms. The number of ether oxygens (including phenoxy) is 1. The van der Waals surface area contributed by atoms with Gasteiger partial charge in [0.25, 0.3) is 5.91 Å². The number of furan rings is 1. The molecule has 0 saturated heterocycles. The summed E-state index contributed by atoms with van der Waals surface area (Å²) in [7, 11) is 0. The van der Waals surface area contributed by atoms with E-state index in [9.17, 15) is 18.0 Å². The molecule has 0 bridgehead atoms. The van der Waals surface area contributed by atoms with Crippen LogP contribution in [0.4, 0.5) is 13.2 Å². The standard InChI is InChI=1S/C19H18F3N3O3/c1-2-27-9-4-8-23-18(26)12-6-7-13-14(11-12)24-16(15-5-3-10-28-15)17(25-13)19(20,21)22/h3,5-7,10-11H,2,4,8-9H2,1H3,(H,23,26). The molecule has 0 radical (unpaired) electrons. The summed E-state index contributed by atoms with van der Waals surface area (Å²) in [4.78, 5) is 20.0. The van der Waals surface area contributed by atoms with Gasteiger partial charge in [-0.05, 0) is 43.7 Å². The van der Waals surface area contributed by atoms with Crippen molar-refractivity contribution in [2.24, 2.45) is 0 Å². The van der Waals surface area contributed by atoms with Gasteiger partial charge in [0, 0.05) is 25.3 Å².